The lowest BCUT2D eigenvalue weighted by atomic mass is 9.97. The number of nitrogens with two attached hydrogens (primary N) is 1. The van der Waals surface area contributed by atoms with Crippen LogP contribution in [0.15, 0.2) is 12.1 Å². The van der Waals surface area contributed by atoms with Crippen LogP contribution in [0.5, 0.6) is 0 Å². The zero-order chi connectivity index (χ0) is 14.9. The van der Waals surface area contributed by atoms with Gasteiger partial charge in [-0.15, -0.1) is 0 Å². The molecular formula is C13H17F3N4. The molecule has 4 nitrogen and oxygen atoms in total. The predicted octanol–water partition coefficient (Wildman–Crippen LogP) is 2.45. The maximum Gasteiger partial charge on any atom is 0.393 e. The average molecular weight is 286 g/mol. The Labute approximate surface area is 115 Å². The second-order valence-electron chi connectivity index (χ2n) is 5.06. The number of rotatable bonds is 2. The fourth-order valence-electron chi connectivity index (χ4n) is 2.43. The van der Waals surface area contributed by atoms with E-state index in [9.17, 15) is 13.2 Å². The molecule has 0 saturated carbocycles. The van der Waals surface area contributed by atoms with Gasteiger partial charge in [-0.25, -0.2) is 4.98 Å². The van der Waals surface area contributed by atoms with Crippen LogP contribution in [-0.4, -0.2) is 30.1 Å². The molecule has 2 rings (SSSR count). The van der Waals surface area contributed by atoms with Gasteiger partial charge in [-0.2, -0.15) is 13.2 Å². The maximum atomic E-state index is 12.9. The predicted molar refractivity (Wildman–Crippen MR) is 71.0 cm³/mol. The minimum atomic E-state index is -4.20. The number of nitrogens with zero attached hydrogens (tertiary/aromatic N) is 2. The number of aromatic nitrogens is 1. The second kappa shape index (κ2) is 5.30. The molecule has 1 aromatic rings. The third kappa shape index (κ3) is 3.02. The molecular weight excluding hydrogens is 269 g/mol. The lowest BCUT2D eigenvalue weighted by Gasteiger charge is -2.35. The summed E-state index contributed by atoms with van der Waals surface area (Å²) in [6, 6.07) is 3.34. The highest BCUT2D eigenvalue weighted by molar-refractivity contribution is 5.99. The third-order valence-corrected chi connectivity index (χ3v) is 3.49. The van der Waals surface area contributed by atoms with E-state index >= 15 is 0 Å². The number of piperidine rings is 1. The highest BCUT2D eigenvalue weighted by Crippen LogP contribution is 2.35. The monoisotopic (exact) mass is 286 g/mol. The molecule has 0 aliphatic carbocycles. The zero-order valence-corrected chi connectivity index (χ0v) is 11.2. The Hall–Kier alpha value is -1.79. The van der Waals surface area contributed by atoms with Crippen LogP contribution in [0, 0.1) is 18.3 Å². The first-order valence-corrected chi connectivity index (χ1v) is 6.42. The Morgan fingerprint density at radius 1 is 1.45 bits per heavy atom. The van der Waals surface area contributed by atoms with Crippen molar-refractivity contribution >= 4 is 11.7 Å². The Bertz CT molecular complexity index is 513. The van der Waals surface area contributed by atoms with Crippen molar-refractivity contribution in [3.8, 4) is 0 Å². The number of hydrogen-bond donors (Lipinski definition) is 2. The Morgan fingerprint density at radius 2 is 2.15 bits per heavy atom. The first-order chi connectivity index (χ1) is 9.29. The van der Waals surface area contributed by atoms with E-state index in [2.05, 4.69) is 4.98 Å². The van der Waals surface area contributed by atoms with Crippen LogP contribution >= 0.6 is 0 Å². The van der Waals surface area contributed by atoms with Gasteiger partial charge < -0.3 is 10.6 Å². The van der Waals surface area contributed by atoms with Crippen molar-refractivity contribution in [3.63, 3.8) is 0 Å². The summed E-state index contributed by atoms with van der Waals surface area (Å²) in [6.45, 7) is 2.14. The molecule has 0 bridgehead atoms. The number of nitrogen functional groups attached to an aromatic ring is 1. The van der Waals surface area contributed by atoms with E-state index in [1.54, 1.807) is 24.0 Å². The number of anilines is 1. The van der Waals surface area contributed by atoms with Crippen molar-refractivity contribution < 1.29 is 13.2 Å². The number of amidine groups is 1. The van der Waals surface area contributed by atoms with Gasteiger partial charge in [-0.3, -0.25) is 5.41 Å². The smallest absolute Gasteiger partial charge is 0.384 e. The molecule has 1 aromatic heterocycles. The van der Waals surface area contributed by atoms with Crippen LogP contribution in [0.25, 0.3) is 0 Å². The second-order valence-corrected chi connectivity index (χ2v) is 5.06. The fourth-order valence-corrected chi connectivity index (χ4v) is 2.43. The molecule has 0 radical (unpaired) electrons. The molecule has 3 N–H and O–H groups in total. The SMILES string of the molecule is Cc1ccc(C(=N)N)c(N2CCCC(C(F)(F)F)C2)n1. The van der Waals surface area contributed by atoms with Crippen LogP contribution < -0.4 is 10.6 Å². The van der Waals surface area contributed by atoms with Gasteiger partial charge in [0.25, 0.3) is 0 Å². The van der Waals surface area contributed by atoms with Crippen molar-refractivity contribution in [2.75, 3.05) is 18.0 Å². The lowest BCUT2D eigenvalue weighted by Crippen LogP contribution is -2.43. The van der Waals surface area contributed by atoms with E-state index in [-0.39, 0.29) is 18.8 Å². The highest BCUT2D eigenvalue weighted by atomic mass is 19.4. The Balaban J connectivity index is 2.31. The molecule has 7 heteroatoms. The number of alkyl halides is 3. The van der Waals surface area contributed by atoms with E-state index in [0.717, 1.165) is 0 Å². The molecule has 0 spiro atoms. The van der Waals surface area contributed by atoms with E-state index < -0.39 is 12.1 Å². The maximum absolute atomic E-state index is 12.9. The van der Waals surface area contributed by atoms with Crippen LogP contribution in [0.2, 0.25) is 0 Å². The van der Waals surface area contributed by atoms with Crippen molar-refractivity contribution in [1.29, 1.82) is 5.41 Å². The molecule has 20 heavy (non-hydrogen) atoms. The first kappa shape index (κ1) is 14.6. The molecule has 1 aliphatic rings. The molecule has 0 amide bonds. The van der Waals surface area contributed by atoms with Crippen LogP contribution in [0.1, 0.15) is 24.1 Å². The standard InChI is InChI=1S/C13H17F3N4/c1-8-4-5-10(11(17)18)12(19-8)20-6-2-3-9(7-20)13(14,15)16/h4-5,9H,2-3,6-7H2,1H3,(H3,17,18). The molecule has 110 valence electrons. The molecule has 1 atom stereocenters. The van der Waals surface area contributed by atoms with Gasteiger partial charge in [0.1, 0.15) is 11.7 Å². The topological polar surface area (TPSA) is 66.0 Å². The van der Waals surface area contributed by atoms with Crippen LogP contribution in [-0.2, 0) is 0 Å². The van der Waals surface area contributed by atoms with Crippen LogP contribution in [0.4, 0.5) is 19.0 Å². The summed E-state index contributed by atoms with van der Waals surface area (Å²) in [5, 5.41) is 7.53. The Morgan fingerprint density at radius 3 is 2.75 bits per heavy atom. The molecule has 2 heterocycles. The number of hydrogen-bond acceptors (Lipinski definition) is 3. The largest absolute Gasteiger partial charge is 0.393 e. The van der Waals surface area contributed by atoms with Gasteiger partial charge in [-0.05, 0) is 31.9 Å². The van der Waals surface area contributed by atoms with E-state index in [1.807, 2.05) is 0 Å². The number of pyridine rings is 1. The highest BCUT2D eigenvalue weighted by Gasteiger charge is 2.42. The van der Waals surface area contributed by atoms with Gasteiger partial charge in [-0.1, -0.05) is 0 Å². The molecule has 1 aliphatic heterocycles. The average Bonchev–Trinajstić information content (AvgIpc) is 2.37. The summed E-state index contributed by atoms with van der Waals surface area (Å²) in [6.07, 6.45) is -3.60. The summed E-state index contributed by atoms with van der Waals surface area (Å²) in [4.78, 5) is 5.86. The molecule has 0 aromatic carbocycles. The summed E-state index contributed by atoms with van der Waals surface area (Å²) in [5.41, 5.74) is 6.57. The van der Waals surface area contributed by atoms with E-state index in [0.29, 0.717) is 30.0 Å². The van der Waals surface area contributed by atoms with Crippen molar-refractivity contribution in [2.45, 2.75) is 25.9 Å². The lowest BCUT2D eigenvalue weighted by molar-refractivity contribution is -0.176. The van der Waals surface area contributed by atoms with Crippen molar-refractivity contribution in [3.05, 3.63) is 23.4 Å². The molecule has 1 fully saturated rings. The number of nitrogens with one attached hydrogen (secondary N) is 1. The van der Waals surface area contributed by atoms with Crippen molar-refractivity contribution in [2.24, 2.45) is 11.7 Å². The quantitative estimate of drug-likeness (QED) is 0.648. The van der Waals surface area contributed by atoms with Gasteiger partial charge in [0.2, 0.25) is 0 Å². The van der Waals surface area contributed by atoms with Crippen molar-refractivity contribution in [1.82, 2.24) is 4.98 Å². The van der Waals surface area contributed by atoms with Gasteiger partial charge >= 0.3 is 6.18 Å². The first-order valence-electron chi connectivity index (χ1n) is 6.42. The normalized spacial score (nSPS) is 20.0. The summed E-state index contributed by atoms with van der Waals surface area (Å²) < 4.78 is 38.6. The van der Waals surface area contributed by atoms with E-state index in [1.165, 1.54) is 0 Å². The minimum Gasteiger partial charge on any atom is -0.384 e. The van der Waals surface area contributed by atoms with E-state index in [4.69, 9.17) is 11.1 Å². The third-order valence-electron chi connectivity index (χ3n) is 3.49. The summed E-state index contributed by atoms with van der Waals surface area (Å²) in [5.74, 6) is -1.15. The number of halogens is 3. The number of aryl methyl sites for hydroxylation is 1. The fraction of sp³-hybridized carbons (Fsp3) is 0.538. The molecule has 1 unspecified atom stereocenters. The summed E-state index contributed by atoms with van der Waals surface area (Å²) >= 11 is 0. The van der Waals surface area contributed by atoms with Gasteiger partial charge in [0.15, 0.2) is 0 Å². The molecule has 1 saturated heterocycles. The van der Waals surface area contributed by atoms with Crippen LogP contribution in [0.3, 0.4) is 0 Å². The zero-order valence-electron chi connectivity index (χ0n) is 11.2. The van der Waals surface area contributed by atoms with Gasteiger partial charge in [0.05, 0.1) is 11.5 Å². The summed E-state index contributed by atoms with van der Waals surface area (Å²) in [7, 11) is 0. The van der Waals surface area contributed by atoms with Gasteiger partial charge in [0, 0.05) is 18.8 Å². The minimum absolute atomic E-state index is 0.125. The Kier molecular flexibility index (Phi) is 3.87.